The summed E-state index contributed by atoms with van der Waals surface area (Å²) in [5, 5.41) is 3.17. The fourth-order valence-corrected chi connectivity index (χ4v) is 3.47. The van der Waals surface area contributed by atoms with Crippen molar-refractivity contribution in [3.63, 3.8) is 0 Å². The minimum Gasteiger partial charge on any atom is -0.497 e. The van der Waals surface area contributed by atoms with E-state index in [2.05, 4.69) is 28.3 Å². The molecule has 1 amide bonds. The molecule has 1 atom stereocenters. The number of amides is 1. The lowest BCUT2D eigenvalue weighted by molar-refractivity contribution is 0.0981. The number of carbonyl (C=O) groups excluding carboxylic acids is 1. The molecule has 0 bridgehead atoms. The van der Waals surface area contributed by atoms with E-state index < -0.39 is 0 Å². The van der Waals surface area contributed by atoms with E-state index in [1.54, 1.807) is 19.5 Å². The average molecular weight is 374 g/mol. The predicted octanol–water partition coefficient (Wildman–Crippen LogP) is 3.69. The average Bonchev–Trinajstić information content (AvgIpc) is 3.08. The highest BCUT2D eigenvalue weighted by atomic mass is 16.5. The number of fused-ring (bicyclic) bond motifs is 1. The molecule has 0 aliphatic carbocycles. The maximum absolute atomic E-state index is 13.0. The number of nitrogens with one attached hydrogen (secondary N) is 1. The number of benzene rings is 2. The lowest BCUT2D eigenvalue weighted by Crippen LogP contribution is -2.35. The van der Waals surface area contributed by atoms with Crippen LogP contribution in [0.5, 0.6) is 5.75 Å². The molecule has 3 aromatic rings. The largest absolute Gasteiger partial charge is 0.497 e. The number of para-hydroxylation sites is 1. The predicted molar refractivity (Wildman–Crippen MR) is 109 cm³/mol. The number of hydrogen-bond acceptors (Lipinski definition) is 5. The van der Waals surface area contributed by atoms with Gasteiger partial charge in [0.2, 0.25) is 5.95 Å². The number of methoxy groups -OCH3 is 1. The molecular weight excluding hydrogens is 352 g/mol. The molecule has 1 unspecified atom stereocenters. The molecule has 142 valence electrons. The molecule has 2 aromatic carbocycles. The fourth-order valence-electron chi connectivity index (χ4n) is 3.47. The van der Waals surface area contributed by atoms with Gasteiger partial charge in [0, 0.05) is 30.7 Å². The number of aromatic nitrogens is 2. The number of anilines is 2. The molecule has 28 heavy (non-hydrogen) atoms. The molecule has 6 nitrogen and oxygen atoms in total. The second kappa shape index (κ2) is 7.68. The van der Waals surface area contributed by atoms with E-state index in [1.807, 2.05) is 47.4 Å². The van der Waals surface area contributed by atoms with Crippen LogP contribution in [-0.4, -0.2) is 29.0 Å². The van der Waals surface area contributed by atoms with Crippen LogP contribution in [-0.2, 0) is 13.0 Å². The summed E-state index contributed by atoms with van der Waals surface area (Å²) in [4.78, 5) is 23.4. The van der Waals surface area contributed by atoms with Crippen molar-refractivity contribution in [3.05, 3.63) is 77.6 Å². The maximum Gasteiger partial charge on any atom is 0.261 e. The summed E-state index contributed by atoms with van der Waals surface area (Å²) in [5.74, 6) is 1.24. The van der Waals surface area contributed by atoms with Crippen LogP contribution >= 0.6 is 0 Å². The quantitative estimate of drug-likeness (QED) is 0.738. The van der Waals surface area contributed by atoms with Crippen molar-refractivity contribution in [2.24, 2.45) is 0 Å². The Morgan fingerprint density at radius 3 is 2.57 bits per heavy atom. The van der Waals surface area contributed by atoms with Crippen LogP contribution in [0.25, 0.3) is 0 Å². The highest BCUT2D eigenvalue weighted by molar-refractivity contribution is 6.07. The number of ether oxygens (including phenoxy) is 1. The van der Waals surface area contributed by atoms with Gasteiger partial charge >= 0.3 is 0 Å². The summed E-state index contributed by atoms with van der Waals surface area (Å²) in [6.07, 6.45) is 4.03. The summed E-state index contributed by atoms with van der Waals surface area (Å²) < 4.78 is 5.16. The van der Waals surface area contributed by atoms with Gasteiger partial charge < -0.3 is 15.0 Å². The van der Waals surface area contributed by atoms with Gasteiger partial charge in [0.15, 0.2) is 0 Å². The Morgan fingerprint density at radius 1 is 1.14 bits per heavy atom. The highest BCUT2D eigenvalue weighted by Crippen LogP contribution is 2.32. The molecule has 0 spiro atoms. The van der Waals surface area contributed by atoms with Crippen molar-refractivity contribution in [1.29, 1.82) is 0 Å². The Morgan fingerprint density at radius 2 is 1.86 bits per heavy atom. The molecule has 0 radical (unpaired) electrons. The van der Waals surface area contributed by atoms with Crippen molar-refractivity contribution < 1.29 is 9.53 Å². The maximum atomic E-state index is 13.0. The van der Waals surface area contributed by atoms with Crippen LogP contribution in [0.4, 0.5) is 11.6 Å². The Bertz CT molecular complexity index is 971. The van der Waals surface area contributed by atoms with Gasteiger partial charge in [-0.2, -0.15) is 0 Å². The standard InChI is InChI=1S/C22H22N4O2/c1-15-11-17-5-3-4-6-20(17)26(15)21(27)18-13-24-22(25-14-18)23-12-16-7-9-19(28-2)10-8-16/h3-10,13-15H,11-12H2,1-2H3,(H,23,24,25). The Kier molecular flexibility index (Phi) is 4.93. The van der Waals surface area contributed by atoms with E-state index in [9.17, 15) is 4.79 Å². The van der Waals surface area contributed by atoms with Gasteiger partial charge in [0.05, 0.1) is 12.7 Å². The lowest BCUT2D eigenvalue weighted by atomic mass is 10.1. The lowest BCUT2D eigenvalue weighted by Gasteiger charge is -2.22. The summed E-state index contributed by atoms with van der Waals surface area (Å²) in [5.41, 5.74) is 3.74. The van der Waals surface area contributed by atoms with Gasteiger partial charge in [-0.05, 0) is 42.7 Å². The van der Waals surface area contributed by atoms with Gasteiger partial charge in [0.25, 0.3) is 5.91 Å². The summed E-state index contributed by atoms with van der Waals surface area (Å²) >= 11 is 0. The van der Waals surface area contributed by atoms with Crippen LogP contribution in [0.3, 0.4) is 0 Å². The van der Waals surface area contributed by atoms with Gasteiger partial charge in [0.1, 0.15) is 5.75 Å². The van der Waals surface area contributed by atoms with Gasteiger partial charge in [-0.1, -0.05) is 30.3 Å². The summed E-state index contributed by atoms with van der Waals surface area (Å²) in [6, 6.07) is 15.9. The molecule has 1 aliphatic heterocycles. The summed E-state index contributed by atoms with van der Waals surface area (Å²) in [6.45, 7) is 2.65. The van der Waals surface area contributed by atoms with Gasteiger partial charge in [-0.3, -0.25) is 4.79 Å². The molecule has 0 saturated carbocycles. The minimum atomic E-state index is -0.0702. The van der Waals surface area contributed by atoms with E-state index in [0.29, 0.717) is 18.1 Å². The van der Waals surface area contributed by atoms with E-state index in [1.165, 1.54) is 5.56 Å². The van der Waals surface area contributed by atoms with Crippen LogP contribution < -0.4 is 15.0 Å². The molecule has 4 rings (SSSR count). The number of rotatable bonds is 5. The van der Waals surface area contributed by atoms with Gasteiger partial charge in [-0.15, -0.1) is 0 Å². The second-order valence-corrected chi connectivity index (χ2v) is 6.85. The normalized spacial score (nSPS) is 15.2. The first-order valence-corrected chi connectivity index (χ1v) is 9.26. The zero-order valence-corrected chi connectivity index (χ0v) is 15.9. The van der Waals surface area contributed by atoms with E-state index in [0.717, 1.165) is 23.4 Å². The van der Waals surface area contributed by atoms with E-state index >= 15 is 0 Å². The number of nitrogens with zero attached hydrogens (tertiary/aromatic N) is 3. The molecule has 1 N–H and O–H groups in total. The van der Waals surface area contributed by atoms with Crippen LogP contribution in [0.1, 0.15) is 28.4 Å². The topological polar surface area (TPSA) is 67.3 Å². The first-order chi connectivity index (χ1) is 13.7. The van der Waals surface area contributed by atoms with Crippen molar-refractivity contribution in [2.75, 3.05) is 17.3 Å². The van der Waals surface area contributed by atoms with Crippen molar-refractivity contribution in [1.82, 2.24) is 9.97 Å². The molecule has 0 fully saturated rings. The molecule has 0 saturated heterocycles. The number of carbonyl (C=O) groups is 1. The first-order valence-electron chi connectivity index (χ1n) is 9.26. The smallest absolute Gasteiger partial charge is 0.261 e. The van der Waals surface area contributed by atoms with E-state index in [4.69, 9.17) is 4.74 Å². The molecular formula is C22H22N4O2. The number of hydrogen-bond donors (Lipinski definition) is 1. The Balaban J connectivity index is 1.43. The first kappa shape index (κ1) is 18.0. The minimum absolute atomic E-state index is 0.0702. The molecule has 6 heteroatoms. The molecule has 1 aromatic heterocycles. The fraction of sp³-hybridized carbons (Fsp3) is 0.227. The monoisotopic (exact) mass is 374 g/mol. The summed E-state index contributed by atoms with van der Waals surface area (Å²) in [7, 11) is 1.64. The zero-order chi connectivity index (χ0) is 19.5. The van der Waals surface area contributed by atoms with Crippen LogP contribution in [0, 0.1) is 0 Å². The highest BCUT2D eigenvalue weighted by Gasteiger charge is 2.31. The SMILES string of the molecule is COc1ccc(CNc2ncc(C(=O)N3c4ccccc4CC3C)cn2)cc1. The van der Waals surface area contributed by atoms with Crippen molar-refractivity contribution in [3.8, 4) is 5.75 Å². The third-order valence-corrected chi connectivity index (χ3v) is 4.93. The van der Waals surface area contributed by atoms with Gasteiger partial charge in [-0.25, -0.2) is 9.97 Å². The third-order valence-electron chi connectivity index (χ3n) is 4.93. The van der Waals surface area contributed by atoms with E-state index in [-0.39, 0.29) is 11.9 Å². The second-order valence-electron chi connectivity index (χ2n) is 6.85. The van der Waals surface area contributed by atoms with Crippen LogP contribution in [0.15, 0.2) is 60.9 Å². The Hall–Kier alpha value is -3.41. The molecule has 1 aliphatic rings. The zero-order valence-electron chi connectivity index (χ0n) is 15.9. The molecule has 2 heterocycles. The van der Waals surface area contributed by atoms with Crippen LogP contribution in [0.2, 0.25) is 0 Å². The Labute approximate surface area is 164 Å². The van der Waals surface area contributed by atoms with Crippen molar-refractivity contribution in [2.45, 2.75) is 25.9 Å². The van der Waals surface area contributed by atoms with Crippen molar-refractivity contribution >= 4 is 17.5 Å². The third kappa shape index (κ3) is 3.53.